The van der Waals surface area contributed by atoms with E-state index in [0.29, 0.717) is 11.1 Å². The minimum absolute atomic E-state index is 0.170. The normalized spacial score (nSPS) is 12.8. The van der Waals surface area contributed by atoms with Gasteiger partial charge >= 0.3 is 0 Å². The predicted octanol–water partition coefficient (Wildman–Crippen LogP) is 6.40. The fourth-order valence-corrected chi connectivity index (χ4v) is 3.95. The van der Waals surface area contributed by atoms with E-state index in [1.165, 1.54) is 6.08 Å². The van der Waals surface area contributed by atoms with Gasteiger partial charge in [-0.1, -0.05) is 103 Å². The molecule has 0 aromatic heterocycles. The third-order valence-electron chi connectivity index (χ3n) is 5.45. The van der Waals surface area contributed by atoms with Gasteiger partial charge in [-0.2, -0.15) is 0 Å². The topological polar surface area (TPSA) is 46.2 Å². The number of Topliss-reactive ketones (excluding diaryl/α,β-unsaturated/α-hetero) is 1. The number of allylic oxidation sites excluding steroid dienone is 2. The zero-order valence-corrected chi connectivity index (χ0v) is 16.7. The van der Waals surface area contributed by atoms with Gasteiger partial charge in [-0.05, 0) is 11.1 Å². The van der Waals surface area contributed by atoms with Crippen LogP contribution in [0.2, 0.25) is 0 Å². The number of fused-ring (bicyclic) bond motifs is 1. The van der Waals surface area contributed by atoms with Gasteiger partial charge in [-0.15, -0.1) is 0 Å². The lowest BCUT2D eigenvalue weighted by atomic mass is 9.91. The number of rotatable bonds is 4. The lowest BCUT2D eigenvalue weighted by Gasteiger charge is -2.21. The van der Waals surface area contributed by atoms with Crippen LogP contribution in [-0.2, 0) is 0 Å². The van der Waals surface area contributed by atoms with Crippen LogP contribution in [0, 0.1) is 0 Å². The van der Waals surface area contributed by atoms with E-state index >= 15 is 0 Å². The lowest BCUT2D eigenvalue weighted by Crippen LogP contribution is -2.21. The van der Waals surface area contributed by atoms with E-state index in [-0.39, 0.29) is 17.3 Å². The van der Waals surface area contributed by atoms with Gasteiger partial charge in [0.15, 0.2) is 5.78 Å². The molecule has 0 atom stereocenters. The second kappa shape index (κ2) is 7.88. The third kappa shape index (κ3) is 3.47. The van der Waals surface area contributed by atoms with E-state index in [0.717, 1.165) is 27.9 Å². The number of hydrogen-bond donors (Lipinski definition) is 1. The third-order valence-corrected chi connectivity index (χ3v) is 5.45. The molecule has 5 rings (SSSR count). The van der Waals surface area contributed by atoms with E-state index in [9.17, 15) is 9.59 Å². The highest BCUT2D eigenvalue weighted by Crippen LogP contribution is 2.38. The van der Waals surface area contributed by atoms with Crippen LogP contribution in [0.5, 0.6) is 0 Å². The quantitative estimate of drug-likeness (QED) is 0.431. The molecule has 0 unspecified atom stereocenters. The maximum Gasteiger partial charge on any atom is 0.210 e. The fraction of sp³-hybridized carbons (Fsp3) is 0. The van der Waals surface area contributed by atoms with Gasteiger partial charge in [-0.25, -0.2) is 0 Å². The molecule has 0 spiro atoms. The first-order valence-corrected chi connectivity index (χ1v) is 10.1. The Morgan fingerprint density at radius 2 is 0.968 bits per heavy atom. The lowest BCUT2D eigenvalue weighted by molar-refractivity contribution is 0.0985. The van der Waals surface area contributed by atoms with Crippen LogP contribution < -0.4 is 5.32 Å². The average molecular weight is 401 g/mol. The molecule has 1 N–H and O–H groups in total. The smallest absolute Gasteiger partial charge is 0.210 e. The minimum atomic E-state index is -0.183. The zero-order chi connectivity index (χ0) is 21.2. The first kappa shape index (κ1) is 18.8. The summed E-state index contributed by atoms with van der Waals surface area (Å²) in [4.78, 5) is 25.9. The molecule has 3 nitrogen and oxygen atoms in total. The van der Waals surface area contributed by atoms with Crippen LogP contribution in [0.3, 0.4) is 0 Å². The molecular weight excluding hydrogens is 382 g/mol. The molecule has 4 aromatic carbocycles. The summed E-state index contributed by atoms with van der Waals surface area (Å²) in [7, 11) is 0. The van der Waals surface area contributed by atoms with Crippen molar-refractivity contribution in [3.05, 3.63) is 126 Å². The fourth-order valence-electron chi connectivity index (χ4n) is 3.95. The van der Waals surface area contributed by atoms with Crippen LogP contribution in [-0.4, -0.2) is 11.6 Å². The molecule has 1 aliphatic rings. The Bertz CT molecular complexity index is 1260. The summed E-state index contributed by atoms with van der Waals surface area (Å²) in [6.45, 7) is 0. The molecular formula is C28H19NO2. The molecule has 3 heteroatoms. The Kier molecular flexibility index (Phi) is 4.77. The monoisotopic (exact) mass is 401 g/mol. The van der Waals surface area contributed by atoms with E-state index in [1.54, 1.807) is 24.3 Å². The number of carbonyl (C=O) groups excluding carboxylic acids is 2. The molecule has 0 saturated heterocycles. The van der Waals surface area contributed by atoms with E-state index in [4.69, 9.17) is 0 Å². The van der Waals surface area contributed by atoms with Crippen molar-refractivity contribution in [3.63, 3.8) is 0 Å². The van der Waals surface area contributed by atoms with Crippen molar-refractivity contribution in [2.45, 2.75) is 0 Å². The van der Waals surface area contributed by atoms with Crippen LogP contribution >= 0.6 is 0 Å². The van der Waals surface area contributed by atoms with Gasteiger partial charge in [0.05, 0.1) is 11.4 Å². The van der Waals surface area contributed by atoms with Gasteiger partial charge in [-0.3, -0.25) is 9.59 Å². The van der Waals surface area contributed by atoms with Gasteiger partial charge in [0.1, 0.15) is 0 Å². The molecule has 0 fully saturated rings. The first-order valence-electron chi connectivity index (χ1n) is 10.1. The Labute approximate surface area is 180 Å². The minimum Gasteiger partial charge on any atom is -0.351 e. The second-order valence-corrected chi connectivity index (χ2v) is 7.38. The van der Waals surface area contributed by atoms with Crippen LogP contribution in [0.4, 0.5) is 5.69 Å². The molecule has 4 aromatic rings. The Balaban J connectivity index is 1.66. The molecule has 0 saturated carbocycles. The van der Waals surface area contributed by atoms with Crippen molar-refractivity contribution < 1.29 is 9.59 Å². The van der Waals surface area contributed by atoms with Crippen LogP contribution in [0.15, 0.2) is 115 Å². The highest BCUT2D eigenvalue weighted by atomic mass is 16.1. The molecule has 31 heavy (non-hydrogen) atoms. The summed E-state index contributed by atoms with van der Waals surface area (Å²) < 4.78 is 0. The standard InChI is InChI=1S/C28H19NO2/c30-26-18-25(28(31)24-15-8-7-14-23(24)26)29-27-21(19-10-3-1-4-11-19)16-9-17-22(27)20-12-5-2-6-13-20/h1-18,29H. The summed E-state index contributed by atoms with van der Waals surface area (Å²) in [6, 6.07) is 33.0. The highest BCUT2D eigenvalue weighted by molar-refractivity contribution is 6.25. The Morgan fingerprint density at radius 3 is 1.55 bits per heavy atom. The SMILES string of the molecule is O=C1C=C(Nc2c(-c3ccccc3)cccc2-c2ccccc2)C(=O)c2ccccc21. The summed E-state index contributed by atoms with van der Waals surface area (Å²) in [5.41, 5.74) is 5.92. The number of ketones is 2. The summed E-state index contributed by atoms with van der Waals surface area (Å²) in [5, 5.41) is 3.33. The largest absolute Gasteiger partial charge is 0.351 e. The maximum atomic E-state index is 13.2. The maximum absolute atomic E-state index is 13.2. The van der Waals surface area contributed by atoms with Crippen molar-refractivity contribution >= 4 is 17.3 Å². The van der Waals surface area contributed by atoms with Crippen LogP contribution in [0.1, 0.15) is 20.7 Å². The zero-order valence-electron chi connectivity index (χ0n) is 16.7. The molecule has 0 bridgehead atoms. The van der Waals surface area contributed by atoms with Gasteiger partial charge in [0.2, 0.25) is 5.78 Å². The number of nitrogens with one attached hydrogen (secondary N) is 1. The summed E-state index contributed by atoms with van der Waals surface area (Å²) in [5.74, 6) is -0.353. The van der Waals surface area contributed by atoms with Crippen molar-refractivity contribution in [1.29, 1.82) is 0 Å². The van der Waals surface area contributed by atoms with E-state index < -0.39 is 0 Å². The highest BCUT2D eigenvalue weighted by Gasteiger charge is 2.26. The molecule has 148 valence electrons. The molecule has 0 amide bonds. The first-order chi connectivity index (χ1) is 15.2. The van der Waals surface area contributed by atoms with E-state index in [2.05, 4.69) is 5.32 Å². The average Bonchev–Trinajstić information content (AvgIpc) is 2.83. The van der Waals surface area contributed by atoms with Crippen molar-refractivity contribution in [3.8, 4) is 22.3 Å². The molecule has 0 aliphatic heterocycles. The number of benzene rings is 4. The Hall–Kier alpha value is -4.24. The number of para-hydroxylation sites is 1. The van der Waals surface area contributed by atoms with Crippen molar-refractivity contribution in [1.82, 2.24) is 0 Å². The second-order valence-electron chi connectivity index (χ2n) is 7.38. The van der Waals surface area contributed by atoms with Crippen molar-refractivity contribution in [2.24, 2.45) is 0 Å². The summed E-state index contributed by atoms with van der Waals surface area (Å²) in [6.07, 6.45) is 1.40. The molecule has 0 heterocycles. The summed E-state index contributed by atoms with van der Waals surface area (Å²) >= 11 is 0. The van der Waals surface area contributed by atoms with Gasteiger partial charge in [0.25, 0.3) is 0 Å². The predicted molar refractivity (Wildman–Crippen MR) is 124 cm³/mol. The van der Waals surface area contributed by atoms with Crippen molar-refractivity contribution in [2.75, 3.05) is 5.32 Å². The van der Waals surface area contributed by atoms with E-state index in [1.807, 2.05) is 78.9 Å². The molecule has 0 radical (unpaired) electrons. The number of carbonyl (C=O) groups is 2. The Morgan fingerprint density at radius 1 is 0.484 bits per heavy atom. The number of anilines is 1. The number of hydrogen-bond acceptors (Lipinski definition) is 3. The van der Waals surface area contributed by atoms with Gasteiger partial charge in [0, 0.05) is 28.3 Å². The van der Waals surface area contributed by atoms with Gasteiger partial charge < -0.3 is 5.32 Å². The molecule has 1 aliphatic carbocycles. The van der Waals surface area contributed by atoms with Crippen LogP contribution in [0.25, 0.3) is 22.3 Å².